The Balaban J connectivity index is 2.09. The van der Waals surface area contributed by atoms with Crippen LogP contribution in [0.5, 0.6) is 0 Å². The van der Waals surface area contributed by atoms with Crippen molar-refractivity contribution in [2.45, 2.75) is 38.1 Å². The highest BCUT2D eigenvalue weighted by atomic mass is 19.1. The molecule has 1 aliphatic carbocycles. The average molecular weight is 207 g/mol. The Hall–Kier alpha value is -0.890. The molecule has 0 aromatic heterocycles. The molecule has 0 amide bonds. The summed E-state index contributed by atoms with van der Waals surface area (Å²) in [7, 11) is 0. The van der Waals surface area contributed by atoms with Gasteiger partial charge in [-0.25, -0.2) is 4.39 Å². The van der Waals surface area contributed by atoms with Gasteiger partial charge in [-0.15, -0.1) is 0 Å². The second-order valence-corrected chi connectivity index (χ2v) is 4.83. The molecule has 2 heteroatoms. The van der Waals surface area contributed by atoms with Crippen LogP contribution >= 0.6 is 0 Å². The van der Waals surface area contributed by atoms with Crippen molar-refractivity contribution in [1.82, 2.24) is 5.32 Å². The van der Waals surface area contributed by atoms with Gasteiger partial charge in [0.05, 0.1) is 0 Å². The van der Waals surface area contributed by atoms with Crippen molar-refractivity contribution >= 4 is 0 Å². The Morgan fingerprint density at radius 1 is 1.40 bits per heavy atom. The van der Waals surface area contributed by atoms with Gasteiger partial charge < -0.3 is 5.32 Å². The molecule has 0 bridgehead atoms. The van der Waals surface area contributed by atoms with E-state index in [2.05, 4.69) is 19.2 Å². The lowest BCUT2D eigenvalue weighted by Crippen LogP contribution is -2.32. The first kappa shape index (κ1) is 10.6. The molecule has 1 saturated carbocycles. The maximum atomic E-state index is 13.1. The summed E-state index contributed by atoms with van der Waals surface area (Å²) in [5.74, 6) is -0.122. The van der Waals surface area contributed by atoms with E-state index < -0.39 is 0 Å². The molecule has 0 aliphatic heterocycles. The summed E-state index contributed by atoms with van der Waals surface area (Å²) in [5, 5.41) is 3.44. The van der Waals surface area contributed by atoms with Gasteiger partial charge in [0.25, 0.3) is 0 Å². The Bertz CT molecular complexity index is 342. The molecule has 82 valence electrons. The van der Waals surface area contributed by atoms with Crippen molar-refractivity contribution in [2.24, 2.45) is 0 Å². The Morgan fingerprint density at radius 3 is 2.67 bits per heavy atom. The zero-order valence-corrected chi connectivity index (χ0v) is 9.39. The molecule has 1 N–H and O–H groups in total. The SMILES string of the molecule is CC(C)NCC1(c2cccc(F)c2)CC1. The summed E-state index contributed by atoms with van der Waals surface area (Å²) in [6, 6.07) is 7.53. The molecule has 15 heavy (non-hydrogen) atoms. The lowest BCUT2D eigenvalue weighted by molar-refractivity contribution is 0.517. The summed E-state index contributed by atoms with van der Waals surface area (Å²) in [5.41, 5.74) is 1.36. The van der Waals surface area contributed by atoms with Gasteiger partial charge in [-0.2, -0.15) is 0 Å². The van der Waals surface area contributed by atoms with Crippen LogP contribution in [0.2, 0.25) is 0 Å². The molecule has 1 aromatic rings. The number of hydrogen-bond donors (Lipinski definition) is 1. The number of hydrogen-bond acceptors (Lipinski definition) is 1. The molecule has 1 aliphatic rings. The van der Waals surface area contributed by atoms with E-state index in [1.54, 1.807) is 12.1 Å². The fourth-order valence-electron chi connectivity index (χ4n) is 1.94. The molecule has 0 saturated heterocycles. The van der Waals surface area contributed by atoms with Gasteiger partial charge in [0.1, 0.15) is 5.82 Å². The van der Waals surface area contributed by atoms with E-state index in [0.717, 1.165) is 12.1 Å². The van der Waals surface area contributed by atoms with E-state index in [1.807, 2.05) is 6.07 Å². The first-order valence-corrected chi connectivity index (χ1v) is 5.62. The van der Waals surface area contributed by atoms with Crippen LogP contribution in [0.25, 0.3) is 0 Å². The normalized spacial score (nSPS) is 18.1. The molecule has 0 heterocycles. The number of benzene rings is 1. The monoisotopic (exact) mass is 207 g/mol. The van der Waals surface area contributed by atoms with Crippen molar-refractivity contribution in [3.8, 4) is 0 Å². The van der Waals surface area contributed by atoms with E-state index in [-0.39, 0.29) is 11.2 Å². The minimum absolute atomic E-state index is 0.122. The highest BCUT2D eigenvalue weighted by molar-refractivity contribution is 5.32. The van der Waals surface area contributed by atoms with Gasteiger partial charge in [-0.3, -0.25) is 0 Å². The van der Waals surface area contributed by atoms with Crippen LogP contribution in [0.3, 0.4) is 0 Å². The topological polar surface area (TPSA) is 12.0 Å². The van der Waals surface area contributed by atoms with E-state index in [0.29, 0.717) is 6.04 Å². The van der Waals surface area contributed by atoms with Gasteiger partial charge in [0.15, 0.2) is 0 Å². The smallest absolute Gasteiger partial charge is 0.123 e. The molecular weight excluding hydrogens is 189 g/mol. The Kier molecular flexibility index (Phi) is 2.79. The van der Waals surface area contributed by atoms with Crippen LogP contribution in [-0.4, -0.2) is 12.6 Å². The fraction of sp³-hybridized carbons (Fsp3) is 0.538. The molecular formula is C13H18FN. The maximum absolute atomic E-state index is 13.1. The predicted octanol–water partition coefficient (Wildman–Crippen LogP) is 2.86. The van der Waals surface area contributed by atoms with Gasteiger partial charge in [-0.1, -0.05) is 26.0 Å². The van der Waals surface area contributed by atoms with Crippen molar-refractivity contribution in [3.63, 3.8) is 0 Å². The Morgan fingerprint density at radius 2 is 2.13 bits per heavy atom. The Labute approximate surface area is 90.7 Å². The van der Waals surface area contributed by atoms with Crippen molar-refractivity contribution in [1.29, 1.82) is 0 Å². The second-order valence-electron chi connectivity index (χ2n) is 4.83. The van der Waals surface area contributed by atoms with Gasteiger partial charge >= 0.3 is 0 Å². The second kappa shape index (κ2) is 3.93. The lowest BCUT2D eigenvalue weighted by Gasteiger charge is -2.18. The molecule has 0 unspecified atom stereocenters. The first-order chi connectivity index (χ1) is 7.12. The van der Waals surface area contributed by atoms with Crippen molar-refractivity contribution in [2.75, 3.05) is 6.54 Å². The van der Waals surface area contributed by atoms with Crippen LogP contribution in [0.15, 0.2) is 24.3 Å². The third kappa shape index (κ3) is 2.37. The summed E-state index contributed by atoms with van der Waals surface area (Å²) in [4.78, 5) is 0. The maximum Gasteiger partial charge on any atom is 0.123 e. The van der Waals surface area contributed by atoms with Crippen LogP contribution < -0.4 is 5.32 Å². The van der Waals surface area contributed by atoms with Crippen LogP contribution in [-0.2, 0) is 5.41 Å². The molecule has 2 rings (SSSR count). The predicted molar refractivity (Wildman–Crippen MR) is 60.5 cm³/mol. The molecule has 1 aromatic carbocycles. The zero-order chi connectivity index (χ0) is 10.9. The van der Waals surface area contributed by atoms with Gasteiger partial charge in [0, 0.05) is 18.0 Å². The summed E-state index contributed by atoms with van der Waals surface area (Å²) in [6.07, 6.45) is 2.35. The molecule has 1 fully saturated rings. The zero-order valence-electron chi connectivity index (χ0n) is 9.39. The van der Waals surface area contributed by atoms with E-state index in [9.17, 15) is 4.39 Å². The lowest BCUT2D eigenvalue weighted by atomic mass is 9.95. The highest BCUT2D eigenvalue weighted by Gasteiger charge is 2.43. The molecule has 0 atom stereocenters. The number of rotatable bonds is 4. The highest BCUT2D eigenvalue weighted by Crippen LogP contribution is 2.47. The average Bonchev–Trinajstić information content (AvgIpc) is 2.96. The third-order valence-electron chi connectivity index (χ3n) is 3.14. The van der Waals surface area contributed by atoms with Crippen LogP contribution in [0, 0.1) is 5.82 Å². The van der Waals surface area contributed by atoms with Crippen LogP contribution in [0.1, 0.15) is 32.3 Å². The largest absolute Gasteiger partial charge is 0.314 e. The summed E-state index contributed by atoms with van der Waals surface area (Å²) >= 11 is 0. The van der Waals surface area contributed by atoms with E-state index in [1.165, 1.54) is 18.9 Å². The summed E-state index contributed by atoms with van der Waals surface area (Å²) < 4.78 is 13.1. The van der Waals surface area contributed by atoms with Crippen molar-refractivity contribution < 1.29 is 4.39 Å². The van der Waals surface area contributed by atoms with Crippen LogP contribution in [0.4, 0.5) is 4.39 Å². The number of nitrogens with one attached hydrogen (secondary N) is 1. The molecule has 0 radical (unpaired) electrons. The molecule has 0 spiro atoms. The van der Waals surface area contributed by atoms with Crippen molar-refractivity contribution in [3.05, 3.63) is 35.6 Å². The quantitative estimate of drug-likeness (QED) is 0.800. The minimum Gasteiger partial charge on any atom is -0.314 e. The van der Waals surface area contributed by atoms with E-state index in [4.69, 9.17) is 0 Å². The third-order valence-corrected chi connectivity index (χ3v) is 3.14. The van der Waals surface area contributed by atoms with Gasteiger partial charge in [0.2, 0.25) is 0 Å². The summed E-state index contributed by atoms with van der Waals surface area (Å²) in [6.45, 7) is 5.25. The minimum atomic E-state index is -0.122. The fourth-order valence-corrected chi connectivity index (χ4v) is 1.94. The van der Waals surface area contributed by atoms with E-state index >= 15 is 0 Å². The number of halogens is 1. The van der Waals surface area contributed by atoms with Gasteiger partial charge in [-0.05, 0) is 30.5 Å². The first-order valence-electron chi connectivity index (χ1n) is 5.62. The molecule has 1 nitrogen and oxygen atoms in total. The standard InChI is InChI=1S/C13H18FN/c1-10(2)15-9-13(6-7-13)11-4-3-5-12(14)8-11/h3-5,8,10,15H,6-7,9H2,1-2H3.